The van der Waals surface area contributed by atoms with Crippen molar-refractivity contribution in [2.75, 3.05) is 26.8 Å². The number of morpholine rings is 1. The van der Waals surface area contributed by atoms with Crippen LogP contribution < -0.4 is 20.3 Å². The molecule has 1 aliphatic carbocycles. The molecule has 2 unspecified atom stereocenters. The molecule has 1 spiro atoms. The highest BCUT2D eigenvalue weighted by molar-refractivity contribution is 7.93. The van der Waals surface area contributed by atoms with Crippen LogP contribution in [0.4, 0.5) is 0 Å². The van der Waals surface area contributed by atoms with Gasteiger partial charge in [-0.1, -0.05) is 0 Å². The van der Waals surface area contributed by atoms with Gasteiger partial charge >= 0.3 is 0 Å². The smallest absolute Gasteiger partial charge is 0.265 e. The Hall–Kier alpha value is -2.66. The Balaban J connectivity index is 1.59. The highest BCUT2D eigenvalue weighted by Crippen LogP contribution is 2.48. The van der Waals surface area contributed by atoms with Gasteiger partial charge in [0.15, 0.2) is 14.6 Å². The average Bonchev–Trinajstić information content (AvgIpc) is 3.20. The summed E-state index contributed by atoms with van der Waals surface area (Å²) in [5.41, 5.74) is 0.815. The van der Waals surface area contributed by atoms with Crippen LogP contribution >= 0.6 is 0 Å². The zero-order chi connectivity index (χ0) is 22.8. The predicted octanol–water partition coefficient (Wildman–Crippen LogP) is 2.05. The molecule has 1 saturated carbocycles. The topological polar surface area (TPSA) is 123 Å². The Bertz CT molecular complexity index is 1060. The fourth-order valence-electron chi connectivity index (χ4n) is 4.45. The number of carbonyl (C=O) groups is 1. The average molecular weight is 463 g/mol. The van der Waals surface area contributed by atoms with Crippen LogP contribution in [0.3, 0.4) is 0 Å². The van der Waals surface area contributed by atoms with E-state index < -0.39 is 26.1 Å². The van der Waals surface area contributed by atoms with Crippen LogP contribution in [-0.2, 0) is 19.4 Å². The Labute approximate surface area is 186 Å². The molecular formula is C22H26N2O7S. The fourth-order valence-corrected chi connectivity index (χ4v) is 6.51. The van der Waals surface area contributed by atoms with E-state index in [-0.39, 0.29) is 17.7 Å². The van der Waals surface area contributed by atoms with Crippen molar-refractivity contribution in [1.29, 1.82) is 0 Å². The van der Waals surface area contributed by atoms with E-state index in [9.17, 15) is 18.4 Å². The molecule has 172 valence electrons. The zero-order valence-electron chi connectivity index (χ0n) is 17.7. The highest BCUT2D eigenvalue weighted by Gasteiger charge is 2.61. The lowest BCUT2D eigenvalue weighted by Gasteiger charge is -2.36. The van der Waals surface area contributed by atoms with Crippen LogP contribution in [-0.4, -0.2) is 56.7 Å². The van der Waals surface area contributed by atoms with Gasteiger partial charge in [0.1, 0.15) is 17.2 Å². The van der Waals surface area contributed by atoms with Crippen molar-refractivity contribution < 1.29 is 32.6 Å². The number of carbonyl (C=O) groups excluding carboxylic acids is 1. The number of amides is 1. The first-order chi connectivity index (χ1) is 15.3. The lowest BCUT2D eigenvalue weighted by molar-refractivity contribution is -0.133. The maximum atomic E-state index is 13.6. The molecular weight excluding hydrogens is 436 g/mol. The Morgan fingerprint density at radius 2 is 1.69 bits per heavy atom. The molecule has 32 heavy (non-hydrogen) atoms. The molecule has 10 heteroatoms. The number of methoxy groups -OCH3 is 1. The minimum Gasteiger partial charge on any atom is -0.497 e. The van der Waals surface area contributed by atoms with Gasteiger partial charge in [0.25, 0.3) is 5.91 Å². The molecule has 4 rings (SSSR count). The summed E-state index contributed by atoms with van der Waals surface area (Å²) in [5, 5.41) is 12.6. The summed E-state index contributed by atoms with van der Waals surface area (Å²) in [6.45, 7) is 1.56. The maximum absolute atomic E-state index is 13.6. The summed E-state index contributed by atoms with van der Waals surface area (Å²) in [7, 11) is -2.57. The molecule has 2 atom stereocenters. The Morgan fingerprint density at radius 1 is 1.06 bits per heavy atom. The molecule has 1 amide bonds. The summed E-state index contributed by atoms with van der Waals surface area (Å²) in [4.78, 5) is 12.7. The molecule has 0 bridgehead atoms. The first kappa shape index (κ1) is 22.5. The summed E-state index contributed by atoms with van der Waals surface area (Å²) >= 11 is 0. The van der Waals surface area contributed by atoms with Crippen molar-refractivity contribution in [2.45, 2.75) is 34.5 Å². The third-order valence-electron chi connectivity index (χ3n) is 6.19. The fraction of sp³-hybridized carbons (Fsp3) is 0.409. The number of ether oxygens (including phenoxy) is 3. The van der Waals surface area contributed by atoms with Gasteiger partial charge < -0.3 is 19.5 Å². The number of hydroxylamine groups is 1. The molecule has 1 heterocycles. The van der Waals surface area contributed by atoms with Crippen molar-refractivity contribution in [1.82, 2.24) is 10.8 Å². The zero-order valence-corrected chi connectivity index (χ0v) is 18.5. The molecule has 9 nitrogen and oxygen atoms in total. The van der Waals surface area contributed by atoms with Crippen LogP contribution in [0.1, 0.15) is 19.3 Å². The van der Waals surface area contributed by atoms with E-state index in [2.05, 4.69) is 5.32 Å². The van der Waals surface area contributed by atoms with Crippen molar-refractivity contribution in [3.63, 3.8) is 0 Å². The SMILES string of the molecule is COc1ccc(Oc2ccc(S(=O)(=O)C3(C(=O)NO)CCC4(CNCCO4)C3)cc2)cc1. The van der Waals surface area contributed by atoms with Crippen molar-refractivity contribution in [3.05, 3.63) is 48.5 Å². The third-order valence-corrected chi connectivity index (χ3v) is 8.64. The van der Waals surface area contributed by atoms with E-state index in [1.807, 2.05) is 0 Å². The van der Waals surface area contributed by atoms with Crippen molar-refractivity contribution >= 4 is 15.7 Å². The number of rotatable bonds is 6. The van der Waals surface area contributed by atoms with E-state index in [1.54, 1.807) is 36.9 Å². The Kier molecular flexibility index (Phi) is 6.13. The Morgan fingerprint density at radius 3 is 2.25 bits per heavy atom. The van der Waals surface area contributed by atoms with Gasteiger partial charge in [-0.05, 0) is 61.4 Å². The second-order valence-corrected chi connectivity index (χ2v) is 10.3. The minimum absolute atomic E-state index is 0.0241. The van der Waals surface area contributed by atoms with Gasteiger partial charge in [-0.2, -0.15) is 0 Å². The normalized spacial score (nSPS) is 25.4. The number of nitrogens with one attached hydrogen (secondary N) is 2. The second kappa shape index (κ2) is 8.70. The molecule has 0 radical (unpaired) electrons. The number of sulfone groups is 1. The first-order valence-electron chi connectivity index (χ1n) is 10.3. The van der Waals surface area contributed by atoms with Gasteiger partial charge in [0.2, 0.25) is 0 Å². The van der Waals surface area contributed by atoms with Crippen LogP contribution in [0, 0.1) is 0 Å². The number of hydrogen-bond acceptors (Lipinski definition) is 8. The van der Waals surface area contributed by atoms with Crippen LogP contribution in [0.15, 0.2) is 53.4 Å². The molecule has 2 aromatic carbocycles. The lowest BCUT2D eigenvalue weighted by Crippen LogP contribution is -2.54. The molecule has 3 N–H and O–H groups in total. The maximum Gasteiger partial charge on any atom is 0.265 e. The summed E-state index contributed by atoms with van der Waals surface area (Å²) in [6, 6.07) is 12.9. The molecule has 1 saturated heterocycles. The minimum atomic E-state index is -4.14. The summed E-state index contributed by atoms with van der Waals surface area (Å²) in [6.07, 6.45) is 0.407. The van der Waals surface area contributed by atoms with Crippen LogP contribution in [0.2, 0.25) is 0 Å². The highest BCUT2D eigenvalue weighted by atomic mass is 32.2. The second-order valence-electron chi connectivity index (χ2n) is 8.07. The number of hydrogen-bond donors (Lipinski definition) is 3. The van der Waals surface area contributed by atoms with Gasteiger partial charge in [-0.25, -0.2) is 13.9 Å². The quantitative estimate of drug-likeness (QED) is 0.440. The lowest BCUT2D eigenvalue weighted by atomic mass is 9.98. The van der Waals surface area contributed by atoms with Crippen LogP contribution in [0.25, 0.3) is 0 Å². The van der Waals surface area contributed by atoms with E-state index in [1.165, 1.54) is 24.3 Å². The van der Waals surface area contributed by atoms with E-state index in [4.69, 9.17) is 14.2 Å². The van der Waals surface area contributed by atoms with E-state index in [0.29, 0.717) is 43.4 Å². The van der Waals surface area contributed by atoms with E-state index in [0.717, 1.165) is 0 Å². The molecule has 2 aliphatic rings. The monoisotopic (exact) mass is 462 g/mol. The molecule has 2 fully saturated rings. The summed E-state index contributed by atoms with van der Waals surface area (Å²) < 4.78 is 42.2. The van der Waals surface area contributed by atoms with Crippen molar-refractivity contribution in [3.8, 4) is 17.2 Å². The van der Waals surface area contributed by atoms with Crippen molar-refractivity contribution in [2.24, 2.45) is 0 Å². The molecule has 2 aromatic rings. The molecule has 0 aromatic heterocycles. The molecule has 1 aliphatic heterocycles. The first-order valence-corrected chi connectivity index (χ1v) is 11.8. The van der Waals surface area contributed by atoms with Gasteiger partial charge in [-0.3, -0.25) is 10.0 Å². The standard InChI is InChI=1S/C22H26N2O7S/c1-29-16-2-4-17(5-3-16)31-18-6-8-19(9-7-18)32(27,28)22(20(25)24-26)11-10-21(14-22)15-23-12-13-30-21/h2-9,23,26H,10-15H2,1H3,(H,24,25). The predicted molar refractivity (Wildman–Crippen MR) is 115 cm³/mol. The van der Waals surface area contributed by atoms with Gasteiger partial charge in [0.05, 0.1) is 24.2 Å². The van der Waals surface area contributed by atoms with Gasteiger partial charge in [0, 0.05) is 19.5 Å². The number of benzene rings is 2. The largest absolute Gasteiger partial charge is 0.497 e. The van der Waals surface area contributed by atoms with Gasteiger partial charge in [-0.15, -0.1) is 0 Å². The van der Waals surface area contributed by atoms with Crippen LogP contribution in [0.5, 0.6) is 17.2 Å². The summed E-state index contributed by atoms with van der Waals surface area (Å²) in [5.74, 6) is 0.759. The van der Waals surface area contributed by atoms with E-state index >= 15 is 0 Å². The third kappa shape index (κ3) is 3.95.